The number of carbonyl (C=O) groups is 2. The van der Waals surface area contributed by atoms with E-state index >= 15 is 0 Å². The van der Waals surface area contributed by atoms with Gasteiger partial charge >= 0.3 is 5.97 Å². The molecule has 7 heteroatoms. The highest BCUT2D eigenvalue weighted by molar-refractivity contribution is 7.11. The number of hydrogen-bond donors (Lipinski definition) is 1. The van der Waals surface area contributed by atoms with Crippen LogP contribution in [-0.4, -0.2) is 28.5 Å². The molecule has 2 aromatic rings. The molecule has 0 bridgehead atoms. The summed E-state index contributed by atoms with van der Waals surface area (Å²) >= 11 is 1.09. The molecule has 2 rings (SSSR count). The maximum Gasteiger partial charge on any atom is 0.367 e. The second kappa shape index (κ2) is 6.94. The number of amides is 1. The first-order chi connectivity index (χ1) is 10.1. The molecule has 1 N–H and O–H groups in total. The van der Waals surface area contributed by atoms with Gasteiger partial charge in [0, 0.05) is 11.1 Å². The topological polar surface area (TPSA) is 81.2 Å². The van der Waals surface area contributed by atoms with Crippen LogP contribution in [0.2, 0.25) is 0 Å². The van der Waals surface area contributed by atoms with Crippen LogP contribution in [0.3, 0.4) is 0 Å². The summed E-state index contributed by atoms with van der Waals surface area (Å²) in [5.74, 6) is -0.855. The lowest BCUT2D eigenvalue weighted by molar-refractivity contribution is 0.0526. The smallest absolute Gasteiger partial charge is 0.367 e. The van der Waals surface area contributed by atoms with Crippen molar-refractivity contribution in [3.8, 4) is 0 Å². The van der Waals surface area contributed by atoms with Crippen LogP contribution in [-0.2, 0) is 11.3 Å². The van der Waals surface area contributed by atoms with E-state index in [1.165, 1.54) is 5.38 Å². The number of rotatable bonds is 5. The van der Waals surface area contributed by atoms with Gasteiger partial charge in [-0.05, 0) is 26.0 Å². The first-order valence-corrected chi connectivity index (χ1v) is 7.31. The summed E-state index contributed by atoms with van der Waals surface area (Å²) in [5.41, 5.74) is 1.86. The fraction of sp³-hybridized carbons (Fsp3) is 0.286. The van der Waals surface area contributed by atoms with Gasteiger partial charge in [0.1, 0.15) is 5.69 Å². The minimum absolute atomic E-state index is 0.177. The van der Waals surface area contributed by atoms with Crippen molar-refractivity contribution in [1.82, 2.24) is 15.3 Å². The van der Waals surface area contributed by atoms with Gasteiger partial charge in [0.15, 0.2) is 0 Å². The van der Waals surface area contributed by atoms with Crippen molar-refractivity contribution < 1.29 is 14.3 Å². The van der Waals surface area contributed by atoms with Crippen LogP contribution in [0.1, 0.15) is 38.6 Å². The lowest BCUT2D eigenvalue weighted by Gasteiger charge is -2.03. The van der Waals surface area contributed by atoms with Crippen LogP contribution >= 0.6 is 11.3 Å². The van der Waals surface area contributed by atoms with Gasteiger partial charge in [-0.15, -0.1) is 11.3 Å². The number of thiazole rings is 1. The highest BCUT2D eigenvalue weighted by atomic mass is 32.1. The molecule has 110 valence electrons. The molecule has 0 saturated heterocycles. The van der Waals surface area contributed by atoms with Crippen molar-refractivity contribution >= 4 is 23.2 Å². The second-order valence-corrected chi connectivity index (χ2v) is 5.07. The molecule has 2 heterocycles. The van der Waals surface area contributed by atoms with Crippen molar-refractivity contribution in [3.63, 3.8) is 0 Å². The molecule has 2 aromatic heterocycles. The first-order valence-electron chi connectivity index (χ1n) is 6.43. The van der Waals surface area contributed by atoms with Crippen LogP contribution < -0.4 is 5.32 Å². The number of carbonyl (C=O) groups excluding carboxylic acids is 2. The first kappa shape index (κ1) is 15.1. The standard InChI is InChI=1S/C14H15N3O3S/c1-3-20-14(19)13-17-11(8-21-13)12(18)15-7-10-6-4-5-9(2)16-10/h4-6,8H,3,7H2,1-2H3,(H,15,18). The summed E-state index contributed by atoms with van der Waals surface area (Å²) in [6.07, 6.45) is 0. The van der Waals surface area contributed by atoms with Crippen LogP contribution in [0.15, 0.2) is 23.6 Å². The average Bonchev–Trinajstić information content (AvgIpc) is 2.95. The molecule has 21 heavy (non-hydrogen) atoms. The second-order valence-electron chi connectivity index (χ2n) is 4.21. The molecule has 0 spiro atoms. The van der Waals surface area contributed by atoms with Gasteiger partial charge in [0.2, 0.25) is 5.01 Å². The summed E-state index contributed by atoms with van der Waals surface area (Å²) in [6.45, 7) is 4.19. The van der Waals surface area contributed by atoms with Gasteiger partial charge < -0.3 is 10.1 Å². The van der Waals surface area contributed by atoms with Crippen molar-refractivity contribution in [3.05, 3.63) is 45.7 Å². The molecule has 0 radical (unpaired) electrons. The number of esters is 1. The highest BCUT2D eigenvalue weighted by Gasteiger charge is 2.16. The normalized spacial score (nSPS) is 10.2. The number of aryl methyl sites for hydroxylation is 1. The summed E-state index contributed by atoms with van der Waals surface area (Å²) < 4.78 is 4.83. The van der Waals surface area contributed by atoms with Gasteiger partial charge in [-0.1, -0.05) is 6.07 Å². The molecule has 0 aliphatic rings. The third kappa shape index (κ3) is 4.09. The minimum atomic E-state index is -0.512. The lowest BCUT2D eigenvalue weighted by Crippen LogP contribution is -2.23. The quantitative estimate of drug-likeness (QED) is 0.854. The molecule has 0 aliphatic carbocycles. The third-order valence-electron chi connectivity index (χ3n) is 2.56. The molecular weight excluding hydrogens is 290 g/mol. The summed E-state index contributed by atoms with van der Waals surface area (Å²) in [4.78, 5) is 31.7. The molecule has 0 aliphatic heterocycles. The number of aromatic nitrogens is 2. The van der Waals surface area contributed by atoms with Gasteiger partial charge in [0.25, 0.3) is 5.91 Å². The number of nitrogens with one attached hydrogen (secondary N) is 1. The predicted molar refractivity (Wildman–Crippen MR) is 78.2 cm³/mol. The summed E-state index contributed by atoms with van der Waals surface area (Å²) in [7, 11) is 0. The molecule has 6 nitrogen and oxygen atoms in total. The van der Waals surface area contributed by atoms with Crippen molar-refractivity contribution in [2.24, 2.45) is 0 Å². The van der Waals surface area contributed by atoms with E-state index in [4.69, 9.17) is 4.74 Å². The maximum absolute atomic E-state index is 11.9. The van der Waals surface area contributed by atoms with Gasteiger partial charge in [-0.2, -0.15) is 0 Å². The Bertz CT molecular complexity index is 654. The van der Waals surface area contributed by atoms with Crippen molar-refractivity contribution in [1.29, 1.82) is 0 Å². The van der Waals surface area contributed by atoms with E-state index in [1.807, 2.05) is 25.1 Å². The Morgan fingerprint density at radius 3 is 2.86 bits per heavy atom. The van der Waals surface area contributed by atoms with E-state index in [1.54, 1.807) is 6.92 Å². The predicted octanol–water partition coefficient (Wildman–Crippen LogP) is 1.95. The zero-order valence-corrected chi connectivity index (χ0v) is 12.6. The Morgan fingerprint density at radius 2 is 2.14 bits per heavy atom. The van der Waals surface area contributed by atoms with E-state index in [0.29, 0.717) is 6.54 Å². The van der Waals surface area contributed by atoms with Crippen LogP contribution in [0.5, 0.6) is 0 Å². The molecular formula is C14H15N3O3S. The third-order valence-corrected chi connectivity index (χ3v) is 3.39. The number of hydrogen-bond acceptors (Lipinski definition) is 6. The zero-order chi connectivity index (χ0) is 15.2. The maximum atomic E-state index is 11.9. The molecule has 0 saturated carbocycles. The SMILES string of the molecule is CCOC(=O)c1nc(C(=O)NCc2cccc(C)n2)cs1. The Kier molecular flexibility index (Phi) is 4.99. The van der Waals surface area contributed by atoms with Crippen LogP contribution in [0.25, 0.3) is 0 Å². The monoisotopic (exact) mass is 305 g/mol. The number of ether oxygens (including phenoxy) is 1. The number of nitrogens with zero attached hydrogens (tertiary/aromatic N) is 2. The molecule has 1 amide bonds. The Labute approximate surface area is 126 Å². The van der Waals surface area contributed by atoms with E-state index in [0.717, 1.165) is 22.7 Å². The highest BCUT2D eigenvalue weighted by Crippen LogP contribution is 2.11. The van der Waals surface area contributed by atoms with E-state index in [-0.39, 0.29) is 23.2 Å². The zero-order valence-electron chi connectivity index (χ0n) is 11.8. The molecule has 0 atom stereocenters. The van der Waals surface area contributed by atoms with E-state index in [9.17, 15) is 9.59 Å². The molecule has 0 fully saturated rings. The fourth-order valence-electron chi connectivity index (χ4n) is 1.62. The van der Waals surface area contributed by atoms with Crippen LogP contribution in [0.4, 0.5) is 0 Å². The van der Waals surface area contributed by atoms with Gasteiger partial charge in [-0.25, -0.2) is 9.78 Å². The minimum Gasteiger partial charge on any atom is -0.461 e. The average molecular weight is 305 g/mol. The Morgan fingerprint density at radius 1 is 1.33 bits per heavy atom. The Balaban J connectivity index is 1.96. The van der Waals surface area contributed by atoms with E-state index < -0.39 is 5.97 Å². The summed E-state index contributed by atoms with van der Waals surface area (Å²) in [5, 5.41) is 4.43. The largest absolute Gasteiger partial charge is 0.461 e. The van der Waals surface area contributed by atoms with Crippen molar-refractivity contribution in [2.75, 3.05) is 6.61 Å². The lowest BCUT2D eigenvalue weighted by atomic mass is 10.3. The van der Waals surface area contributed by atoms with Gasteiger partial charge in [-0.3, -0.25) is 9.78 Å². The number of pyridine rings is 1. The van der Waals surface area contributed by atoms with Crippen molar-refractivity contribution in [2.45, 2.75) is 20.4 Å². The van der Waals surface area contributed by atoms with Crippen LogP contribution in [0, 0.1) is 6.92 Å². The fourth-order valence-corrected chi connectivity index (χ4v) is 2.31. The molecule has 0 unspecified atom stereocenters. The molecule has 0 aromatic carbocycles. The van der Waals surface area contributed by atoms with E-state index in [2.05, 4.69) is 15.3 Å². The summed E-state index contributed by atoms with van der Waals surface area (Å²) in [6, 6.07) is 5.60. The van der Waals surface area contributed by atoms with Gasteiger partial charge in [0.05, 0.1) is 18.8 Å². The Hall–Kier alpha value is -2.28.